The standard InChI is InChI=1S/C16H32N2/c1-5-17-16-10-12(2)9-13(3)15(16)11-18(4)14-7-6-8-14/h12-17H,5-11H2,1-4H3. The molecule has 0 bridgehead atoms. The molecule has 0 aromatic carbocycles. The lowest BCUT2D eigenvalue weighted by molar-refractivity contribution is 0.0727. The first-order chi connectivity index (χ1) is 8.61. The van der Waals surface area contributed by atoms with Gasteiger partial charge in [-0.2, -0.15) is 0 Å². The fraction of sp³-hybridized carbons (Fsp3) is 1.00. The first-order valence-electron chi connectivity index (χ1n) is 8.05. The van der Waals surface area contributed by atoms with E-state index in [-0.39, 0.29) is 0 Å². The highest BCUT2D eigenvalue weighted by molar-refractivity contribution is 4.90. The van der Waals surface area contributed by atoms with Gasteiger partial charge < -0.3 is 10.2 Å². The second-order valence-corrected chi connectivity index (χ2v) is 6.91. The van der Waals surface area contributed by atoms with E-state index in [4.69, 9.17) is 0 Å². The predicted molar refractivity (Wildman–Crippen MR) is 78.8 cm³/mol. The van der Waals surface area contributed by atoms with E-state index >= 15 is 0 Å². The molecule has 106 valence electrons. The van der Waals surface area contributed by atoms with Crippen molar-refractivity contribution in [2.45, 2.75) is 65.0 Å². The average molecular weight is 252 g/mol. The van der Waals surface area contributed by atoms with E-state index in [9.17, 15) is 0 Å². The highest BCUT2D eigenvalue weighted by atomic mass is 15.1. The summed E-state index contributed by atoms with van der Waals surface area (Å²) in [5.41, 5.74) is 0. The largest absolute Gasteiger partial charge is 0.314 e. The van der Waals surface area contributed by atoms with Crippen LogP contribution in [0.25, 0.3) is 0 Å². The lowest BCUT2D eigenvalue weighted by Gasteiger charge is -2.44. The monoisotopic (exact) mass is 252 g/mol. The molecular formula is C16H32N2. The van der Waals surface area contributed by atoms with Crippen LogP contribution < -0.4 is 5.32 Å². The fourth-order valence-corrected chi connectivity index (χ4v) is 4.02. The van der Waals surface area contributed by atoms with E-state index in [0.717, 1.165) is 36.4 Å². The second-order valence-electron chi connectivity index (χ2n) is 6.91. The van der Waals surface area contributed by atoms with Gasteiger partial charge in [0.25, 0.3) is 0 Å². The van der Waals surface area contributed by atoms with Crippen LogP contribution in [0.3, 0.4) is 0 Å². The smallest absolute Gasteiger partial charge is 0.0112 e. The van der Waals surface area contributed by atoms with Crippen molar-refractivity contribution in [2.75, 3.05) is 20.1 Å². The van der Waals surface area contributed by atoms with Crippen LogP contribution in [0.4, 0.5) is 0 Å². The Labute approximate surface area is 114 Å². The normalized spacial score (nSPS) is 37.8. The molecule has 2 saturated carbocycles. The first kappa shape index (κ1) is 14.3. The molecule has 2 nitrogen and oxygen atoms in total. The number of hydrogen-bond acceptors (Lipinski definition) is 2. The van der Waals surface area contributed by atoms with E-state index in [0.29, 0.717) is 0 Å². The van der Waals surface area contributed by atoms with Gasteiger partial charge in [-0.25, -0.2) is 0 Å². The number of nitrogens with one attached hydrogen (secondary N) is 1. The molecule has 0 spiro atoms. The van der Waals surface area contributed by atoms with Crippen LogP contribution in [0, 0.1) is 17.8 Å². The number of rotatable bonds is 5. The van der Waals surface area contributed by atoms with Crippen molar-refractivity contribution in [2.24, 2.45) is 17.8 Å². The van der Waals surface area contributed by atoms with E-state index in [1.54, 1.807) is 0 Å². The van der Waals surface area contributed by atoms with Gasteiger partial charge in [-0.3, -0.25) is 0 Å². The molecule has 0 saturated heterocycles. The van der Waals surface area contributed by atoms with Gasteiger partial charge in [-0.05, 0) is 57.0 Å². The molecule has 0 aromatic rings. The van der Waals surface area contributed by atoms with Crippen molar-refractivity contribution in [3.8, 4) is 0 Å². The van der Waals surface area contributed by atoms with Gasteiger partial charge >= 0.3 is 0 Å². The molecule has 4 atom stereocenters. The molecule has 2 heteroatoms. The van der Waals surface area contributed by atoms with Crippen molar-refractivity contribution >= 4 is 0 Å². The van der Waals surface area contributed by atoms with Gasteiger partial charge in [0.2, 0.25) is 0 Å². The van der Waals surface area contributed by atoms with Gasteiger partial charge in [-0.15, -0.1) is 0 Å². The molecule has 2 fully saturated rings. The van der Waals surface area contributed by atoms with Gasteiger partial charge in [0.1, 0.15) is 0 Å². The van der Waals surface area contributed by atoms with Crippen LogP contribution in [0.15, 0.2) is 0 Å². The third kappa shape index (κ3) is 3.27. The molecule has 0 amide bonds. The van der Waals surface area contributed by atoms with Crippen molar-refractivity contribution in [3.63, 3.8) is 0 Å². The topological polar surface area (TPSA) is 15.3 Å². The Morgan fingerprint density at radius 2 is 1.89 bits per heavy atom. The summed E-state index contributed by atoms with van der Waals surface area (Å²) < 4.78 is 0. The van der Waals surface area contributed by atoms with Crippen LogP contribution in [0.5, 0.6) is 0 Å². The van der Waals surface area contributed by atoms with E-state index in [2.05, 4.69) is 38.0 Å². The lowest BCUT2D eigenvalue weighted by atomic mass is 9.72. The summed E-state index contributed by atoms with van der Waals surface area (Å²) in [5, 5.41) is 3.75. The van der Waals surface area contributed by atoms with Crippen molar-refractivity contribution in [3.05, 3.63) is 0 Å². The SMILES string of the molecule is CCNC1CC(C)CC(C)C1CN(C)C1CCC1. The maximum Gasteiger partial charge on any atom is 0.0112 e. The zero-order valence-corrected chi connectivity index (χ0v) is 12.8. The van der Waals surface area contributed by atoms with Crippen LogP contribution >= 0.6 is 0 Å². The third-order valence-electron chi connectivity index (χ3n) is 5.34. The Bertz CT molecular complexity index is 249. The van der Waals surface area contributed by atoms with Crippen LogP contribution in [0.2, 0.25) is 0 Å². The Balaban J connectivity index is 1.92. The molecule has 2 rings (SSSR count). The summed E-state index contributed by atoms with van der Waals surface area (Å²) in [6, 6.07) is 1.63. The molecule has 0 aliphatic heterocycles. The van der Waals surface area contributed by atoms with Crippen LogP contribution in [-0.2, 0) is 0 Å². The molecule has 1 N–H and O–H groups in total. The minimum atomic E-state index is 0.747. The van der Waals surface area contributed by atoms with Crippen molar-refractivity contribution in [1.29, 1.82) is 0 Å². The van der Waals surface area contributed by atoms with Crippen LogP contribution in [-0.4, -0.2) is 37.1 Å². The van der Waals surface area contributed by atoms with Gasteiger partial charge in [0.15, 0.2) is 0 Å². The molecular weight excluding hydrogens is 220 g/mol. The fourth-order valence-electron chi connectivity index (χ4n) is 4.02. The molecule has 0 radical (unpaired) electrons. The summed E-state index contributed by atoms with van der Waals surface area (Å²) in [5.74, 6) is 2.63. The summed E-state index contributed by atoms with van der Waals surface area (Å²) in [4.78, 5) is 2.64. The number of hydrogen-bond donors (Lipinski definition) is 1. The van der Waals surface area contributed by atoms with E-state index in [1.165, 1.54) is 38.6 Å². The van der Waals surface area contributed by atoms with Crippen molar-refractivity contribution in [1.82, 2.24) is 10.2 Å². The third-order valence-corrected chi connectivity index (χ3v) is 5.34. The molecule has 0 heterocycles. The molecule has 2 aliphatic carbocycles. The molecule has 2 aliphatic rings. The highest BCUT2D eigenvalue weighted by Gasteiger charge is 2.35. The van der Waals surface area contributed by atoms with Gasteiger partial charge in [-0.1, -0.05) is 27.2 Å². The summed E-state index contributed by atoms with van der Waals surface area (Å²) in [6.07, 6.45) is 7.11. The predicted octanol–water partition coefficient (Wildman–Crippen LogP) is 3.13. The number of nitrogens with zero attached hydrogens (tertiary/aromatic N) is 1. The lowest BCUT2D eigenvalue weighted by Crippen LogP contribution is -2.50. The van der Waals surface area contributed by atoms with E-state index in [1.807, 2.05) is 0 Å². The Morgan fingerprint density at radius 3 is 2.44 bits per heavy atom. The minimum absolute atomic E-state index is 0.747. The van der Waals surface area contributed by atoms with Crippen LogP contribution in [0.1, 0.15) is 52.9 Å². The van der Waals surface area contributed by atoms with E-state index < -0.39 is 0 Å². The molecule has 4 unspecified atom stereocenters. The zero-order valence-electron chi connectivity index (χ0n) is 12.8. The molecule has 18 heavy (non-hydrogen) atoms. The molecule has 0 aromatic heterocycles. The van der Waals surface area contributed by atoms with Gasteiger partial charge in [0, 0.05) is 18.6 Å². The maximum absolute atomic E-state index is 3.75. The minimum Gasteiger partial charge on any atom is -0.314 e. The summed E-state index contributed by atoms with van der Waals surface area (Å²) in [6.45, 7) is 9.56. The van der Waals surface area contributed by atoms with Gasteiger partial charge in [0.05, 0.1) is 0 Å². The average Bonchev–Trinajstić information content (AvgIpc) is 2.21. The first-order valence-corrected chi connectivity index (χ1v) is 8.05. The quantitative estimate of drug-likeness (QED) is 0.809. The Morgan fingerprint density at radius 1 is 1.17 bits per heavy atom. The Hall–Kier alpha value is -0.0800. The zero-order chi connectivity index (χ0) is 13.1. The summed E-state index contributed by atoms with van der Waals surface area (Å²) in [7, 11) is 2.34. The second kappa shape index (κ2) is 6.38. The maximum atomic E-state index is 3.75. The summed E-state index contributed by atoms with van der Waals surface area (Å²) >= 11 is 0. The Kier molecular flexibility index (Phi) is 5.08. The highest BCUT2D eigenvalue weighted by Crippen LogP contribution is 2.35. The van der Waals surface area contributed by atoms with Crippen molar-refractivity contribution < 1.29 is 0 Å².